The summed E-state index contributed by atoms with van der Waals surface area (Å²) in [6, 6.07) is 12.4. The Kier molecular flexibility index (Phi) is 7.36. The maximum absolute atomic E-state index is 12.8. The summed E-state index contributed by atoms with van der Waals surface area (Å²) >= 11 is 11.6. The number of halogens is 2. The van der Waals surface area contributed by atoms with Crippen molar-refractivity contribution in [3.05, 3.63) is 58.6 Å². The monoisotopic (exact) mass is 470 g/mol. The van der Waals surface area contributed by atoms with Crippen LogP contribution in [0.25, 0.3) is 0 Å². The van der Waals surface area contributed by atoms with Crippen molar-refractivity contribution in [2.75, 3.05) is 25.0 Å². The Labute approximate surface area is 185 Å². The number of rotatable bonds is 6. The second kappa shape index (κ2) is 9.78. The van der Waals surface area contributed by atoms with Crippen molar-refractivity contribution in [2.24, 2.45) is 5.92 Å². The zero-order valence-electron chi connectivity index (χ0n) is 15.9. The molecule has 1 unspecified atom stereocenters. The van der Waals surface area contributed by atoms with Crippen LogP contribution in [0.3, 0.4) is 0 Å². The van der Waals surface area contributed by atoms with E-state index in [2.05, 4.69) is 5.32 Å². The summed E-state index contributed by atoms with van der Waals surface area (Å²) < 4.78 is 32.0. The van der Waals surface area contributed by atoms with Gasteiger partial charge in [0.1, 0.15) is 0 Å². The molecule has 1 heterocycles. The molecule has 2 aromatic carbocycles. The van der Waals surface area contributed by atoms with E-state index in [0.29, 0.717) is 35.1 Å². The lowest BCUT2D eigenvalue weighted by Gasteiger charge is -2.30. The van der Waals surface area contributed by atoms with Crippen molar-refractivity contribution in [1.82, 2.24) is 4.31 Å². The number of amides is 1. The van der Waals surface area contributed by atoms with Crippen LogP contribution in [0.2, 0.25) is 10.0 Å². The minimum absolute atomic E-state index is 0.00258. The highest BCUT2D eigenvalue weighted by molar-refractivity contribution is 7.89. The van der Waals surface area contributed by atoms with Gasteiger partial charge in [0.15, 0.2) is 6.61 Å². The highest BCUT2D eigenvalue weighted by atomic mass is 35.5. The summed E-state index contributed by atoms with van der Waals surface area (Å²) in [7, 11) is -3.74. The van der Waals surface area contributed by atoms with Crippen molar-refractivity contribution in [3.63, 3.8) is 0 Å². The minimum atomic E-state index is -3.74. The largest absolute Gasteiger partial charge is 0.455 e. The van der Waals surface area contributed by atoms with Crippen LogP contribution >= 0.6 is 23.2 Å². The lowest BCUT2D eigenvalue weighted by Crippen LogP contribution is -2.43. The molecular formula is C20H20Cl2N2O5S. The Hall–Kier alpha value is -2.13. The van der Waals surface area contributed by atoms with E-state index in [1.54, 1.807) is 24.3 Å². The quantitative estimate of drug-likeness (QED) is 0.651. The first kappa shape index (κ1) is 22.6. The zero-order valence-corrected chi connectivity index (χ0v) is 18.2. The summed E-state index contributed by atoms with van der Waals surface area (Å²) in [4.78, 5) is 24.5. The van der Waals surface area contributed by atoms with Crippen LogP contribution in [0.4, 0.5) is 5.69 Å². The van der Waals surface area contributed by atoms with Gasteiger partial charge in [-0.05, 0) is 61.4 Å². The molecule has 1 fully saturated rings. The first-order chi connectivity index (χ1) is 14.3. The Morgan fingerprint density at radius 2 is 1.63 bits per heavy atom. The number of esters is 1. The fourth-order valence-electron chi connectivity index (χ4n) is 3.09. The smallest absolute Gasteiger partial charge is 0.310 e. The Balaban J connectivity index is 1.55. The molecular weight excluding hydrogens is 451 g/mol. The predicted octanol–water partition coefficient (Wildman–Crippen LogP) is 3.58. The molecule has 0 bridgehead atoms. The summed E-state index contributed by atoms with van der Waals surface area (Å²) in [6.45, 7) is -0.143. The molecule has 160 valence electrons. The second-order valence-corrected chi connectivity index (χ2v) is 9.63. The molecule has 0 aliphatic carbocycles. The number of sulfonamides is 1. The molecule has 2 aromatic rings. The van der Waals surface area contributed by atoms with Crippen LogP contribution in [0.15, 0.2) is 53.4 Å². The zero-order chi connectivity index (χ0) is 21.7. The Morgan fingerprint density at radius 1 is 1.03 bits per heavy atom. The van der Waals surface area contributed by atoms with Crippen LogP contribution in [0.1, 0.15) is 12.8 Å². The standard InChI is InChI=1S/C20H20Cl2N2O5S/c21-15-3-7-17(8-4-15)23-19(25)13-29-20(26)14-2-1-11-24(12-14)30(27,28)18-9-5-16(22)6-10-18/h3-10,14H,1-2,11-13H2,(H,23,25). The van der Waals surface area contributed by atoms with E-state index >= 15 is 0 Å². The molecule has 1 saturated heterocycles. The summed E-state index contributed by atoms with van der Waals surface area (Å²) in [6.07, 6.45) is 1.01. The molecule has 0 saturated carbocycles. The fraction of sp³-hybridized carbons (Fsp3) is 0.300. The van der Waals surface area contributed by atoms with Gasteiger partial charge >= 0.3 is 5.97 Å². The lowest BCUT2D eigenvalue weighted by molar-refractivity contribution is -0.152. The van der Waals surface area contributed by atoms with E-state index in [-0.39, 0.29) is 11.4 Å². The Morgan fingerprint density at radius 3 is 2.27 bits per heavy atom. The molecule has 1 atom stereocenters. The fourth-order valence-corrected chi connectivity index (χ4v) is 4.87. The highest BCUT2D eigenvalue weighted by Crippen LogP contribution is 2.25. The van der Waals surface area contributed by atoms with Gasteiger partial charge in [-0.2, -0.15) is 4.31 Å². The second-order valence-electron chi connectivity index (χ2n) is 6.82. The molecule has 1 aliphatic rings. The highest BCUT2D eigenvalue weighted by Gasteiger charge is 2.34. The van der Waals surface area contributed by atoms with Gasteiger partial charge in [-0.25, -0.2) is 8.42 Å². The van der Waals surface area contributed by atoms with E-state index in [1.807, 2.05) is 0 Å². The van der Waals surface area contributed by atoms with Gasteiger partial charge in [0.05, 0.1) is 10.8 Å². The number of hydrogen-bond acceptors (Lipinski definition) is 5. The number of ether oxygens (including phenoxy) is 1. The van der Waals surface area contributed by atoms with Crippen LogP contribution in [0, 0.1) is 5.92 Å². The van der Waals surface area contributed by atoms with Gasteiger partial charge < -0.3 is 10.1 Å². The molecule has 0 radical (unpaired) electrons. The van der Waals surface area contributed by atoms with Crippen molar-refractivity contribution in [2.45, 2.75) is 17.7 Å². The van der Waals surface area contributed by atoms with Crippen molar-refractivity contribution in [3.8, 4) is 0 Å². The molecule has 10 heteroatoms. The van der Waals surface area contributed by atoms with Gasteiger partial charge in [-0.15, -0.1) is 0 Å². The van der Waals surface area contributed by atoms with Crippen LogP contribution < -0.4 is 5.32 Å². The van der Waals surface area contributed by atoms with Crippen molar-refractivity contribution >= 4 is 50.8 Å². The van der Waals surface area contributed by atoms with Gasteiger partial charge in [0, 0.05) is 28.8 Å². The molecule has 0 spiro atoms. The number of benzene rings is 2. The molecule has 1 aliphatic heterocycles. The van der Waals surface area contributed by atoms with Gasteiger partial charge in [0.25, 0.3) is 5.91 Å². The van der Waals surface area contributed by atoms with E-state index < -0.39 is 34.4 Å². The van der Waals surface area contributed by atoms with Crippen molar-refractivity contribution < 1.29 is 22.7 Å². The SMILES string of the molecule is O=C(COC(=O)C1CCCN(S(=O)(=O)c2ccc(Cl)cc2)C1)Nc1ccc(Cl)cc1. The van der Waals surface area contributed by atoms with E-state index in [9.17, 15) is 18.0 Å². The first-order valence-electron chi connectivity index (χ1n) is 9.23. The summed E-state index contributed by atoms with van der Waals surface area (Å²) in [5, 5.41) is 3.57. The molecule has 1 N–H and O–H groups in total. The maximum Gasteiger partial charge on any atom is 0.310 e. The van der Waals surface area contributed by atoms with Crippen LogP contribution in [-0.2, 0) is 24.3 Å². The van der Waals surface area contributed by atoms with Gasteiger partial charge in [-0.3, -0.25) is 9.59 Å². The number of hydrogen-bond donors (Lipinski definition) is 1. The number of anilines is 1. The first-order valence-corrected chi connectivity index (χ1v) is 11.4. The minimum Gasteiger partial charge on any atom is -0.455 e. The van der Waals surface area contributed by atoms with Gasteiger partial charge in [-0.1, -0.05) is 23.2 Å². The molecule has 1 amide bonds. The predicted molar refractivity (Wildman–Crippen MR) is 114 cm³/mol. The third-order valence-corrected chi connectivity index (χ3v) is 7.03. The van der Waals surface area contributed by atoms with E-state index in [4.69, 9.17) is 27.9 Å². The number of carbonyl (C=O) groups is 2. The number of piperidine rings is 1. The molecule has 0 aromatic heterocycles. The lowest BCUT2D eigenvalue weighted by atomic mass is 10.00. The summed E-state index contributed by atoms with van der Waals surface area (Å²) in [5.41, 5.74) is 0.526. The third kappa shape index (κ3) is 5.72. The maximum atomic E-state index is 12.8. The van der Waals surface area contributed by atoms with E-state index in [0.717, 1.165) is 0 Å². The number of carbonyl (C=O) groups excluding carboxylic acids is 2. The average molecular weight is 471 g/mol. The topological polar surface area (TPSA) is 92.8 Å². The Bertz CT molecular complexity index is 1010. The molecule has 30 heavy (non-hydrogen) atoms. The molecule has 3 rings (SSSR count). The van der Waals surface area contributed by atoms with E-state index in [1.165, 1.54) is 28.6 Å². The molecule has 7 nitrogen and oxygen atoms in total. The third-order valence-electron chi connectivity index (χ3n) is 4.64. The number of nitrogens with one attached hydrogen (secondary N) is 1. The average Bonchev–Trinajstić information content (AvgIpc) is 2.74. The summed E-state index contributed by atoms with van der Waals surface area (Å²) in [5.74, 6) is -1.73. The van der Waals surface area contributed by atoms with Crippen molar-refractivity contribution in [1.29, 1.82) is 0 Å². The normalized spacial score (nSPS) is 17.3. The van der Waals surface area contributed by atoms with Crippen LogP contribution in [-0.4, -0.2) is 44.3 Å². The number of nitrogens with zero attached hydrogens (tertiary/aromatic N) is 1. The van der Waals surface area contributed by atoms with Crippen LogP contribution in [0.5, 0.6) is 0 Å². The van der Waals surface area contributed by atoms with Gasteiger partial charge in [0.2, 0.25) is 10.0 Å².